The van der Waals surface area contributed by atoms with Crippen LogP contribution in [-0.4, -0.2) is 5.54 Å². The third kappa shape index (κ3) is 1.77. The fraction of sp³-hybridized carbons (Fsp3) is 0.500. The summed E-state index contributed by atoms with van der Waals surface area (Å²) in [5, 5.41) is 3.02. The molecule has 1 nitrogen and oxygen atoms in total. The monoisotopic (exact) mass is 229 g/mol. The molecule has 1 heterocycles. The second-order valence-electron chi connectivity index (χ2n) is 4.55. The van der Waals surface area contributed by atoms with E-state index in [9.17, 15) is 13.2 Å². The first-order chi connectivity index (χ1) is 7.36. The van der Waals surface area contributed by atoms with E-state index >= 15 is 0 Å². The third-order valence-corrected chi connectivity index (χ3v) is 3.24. The number of hydrogen-bond acceptors (Lipinski definition) is 1. The molecule has 0 saturated carbocycles. The maximum Gasteiger partial charge on any atom is 0.418 e. The third-order valence-electron chi connectivity index (χ3n) is 3.24. The average Bonchev–Trinajstić information content (AvgIpc) is 2.53. The highest BCUT2D eigenvalue weighted by molar-refractivity contribution is 5.64. The second-order valence-corrected chi connectivity index (χ2v) is 4.55. The number of rotatable bonds is 1. The zero-order valence-electron chi connectivity index (χ0n) is 9.28. The lowest BCUT2D eigenvalue weighted by Crippen LogP contribution is -2.31. The summed E-state index contributed by atoms with van der Waals surface area (Å²) < 4.78 is 38.3. The summed E-state index contributed by atoms with van der Waals surface area (Å²) in [5.41, 5.74) is 0.227. The molecule has 1 atom stereocenters. The van der Waals surface area contributed by atoms with Gasteiger partial charge in [0.1, 0.15) is 0 Å². The molecule has 0 aromatic heterocycles. The maximum atomic E-state index is 12.8. The van der Waals surface area contributed by atoms with Crippen molar-refractivity contribution in [1.82, 2.24) is 0 Å². The van der Waals surface area contributed by atoms with E-state index in [-0.39, 0.29) is 11.2 Å². The predicted molar refractivity (Wildman–Crippen MR) is 57.5 cm³/mol. The topological polar surface area (TPSA) is 12.0 Å². The minimum atomic E-state index is -4.28. The lowest BCUT2D eigenvalue weighted by Gasteiger charge is -2.23. The largest absolute Gasteiger partial charge is 0.418 e. The lowest BCUT2D eigenvalue weighted by molar-refractivity contribution is -0.136. The van der Waals surface area contributed by atoms with Crippen molar-refractivity contribution in [2.75, 3.05) is 5.32 Å². The van der Waals surface area contributed by atoms with E-state index in [0.29, 0.717) is 6.42 Å². The number of benzene rings is 1. The second kappa shape index (κ2) is 3.40. The van der Waals surface area contributed by atoms with Gasteiger partial charge >= 0.3 is 6.18 Å². The molecular weight excluding hydrogens is 215 g/mol. The molecule has 0 saturated heterocycles. The van der Waals surface area contributed by atoms with E-state index < -0.39 is 11.7 Å². The van der Waals surface area contributed by atoms with E-state index in [1.54, 1.807) is 6.07 Å². The fourth-order valence-electron chi connectivity index (χ4n) is 2.11. The summed E-state index contributed by atoms with van der Waals surface area (Å²) in [4.78, 5) is 0. The Hall–Kier alpha value is -1.19. The van der Waals surface area contributed by atoms with Gasteiger partial charge in [0, 0.05) is 5.54 Å². The number of para-hydroxylation sites is 1. The number of anilines is 1. The summed E-state index contributed by atoms with van der Waals surface area (Å²) >= 11 is 0. The molecule has 0 amide bonds. The molecule has 16 heavy (non-hydrogen) atoms. The van der Waals surface area contributed by atoms with Crippen LogP contribution in [0.15, 0.2) is 18.2 Å². The molecule has 0 radical (unpaired) electrons. The smallest absolute Gasteiger partial charge is 0.379 e. The molecule has 0 fully saturated rings. The van der Waals surface area contributed by atoms with Crippen LogP contribution in [0.3, 0.4) is 0 Å². The van der Waals surface area contributed by atoms with Crippen molar-refractivity contribution in [2.45, 2.75) is 38.4 Å². The molecule has 1 aliphatic heterocycles. The summed E-state index contributed by atoms with van der Waals surface area (Å²) in [6.07, 6.45) is -2.82. The van der Waals surface area contributed by atoms with Gasteiger partial charge in [-0.05, 0) is 31.4 Å². The summed E-state index contributed by atoms with van der Waals surface area (Å²) in [6, 6.07) is 4.37. The van der Waals surface area contributed by atoms with Crippen molar-refractivity contribution < 1.29 is 13.2 Å². The molecular formula is C12H14F3N. The molecule has 4 heteroatoms. The van der Waals surface area contributed by atoms with Crippen molar-refractivity contribution in [2.24, 2.45) is 0 Å². The van der Waals surface area contributed by atoms with Gasteiger partial charge in [-0.15, -0.1) is 0 Å². The van der Waals surface area contributed by atoms with Crippen LogP contribution in [0.2, 0.25) is 0 Å². The Morgan fingerprint density at radius 3 is 2.62 bits per heavy atom. The maximum absolute atomic E-state index is 12.8. The van der Waals surface area contributed by atoms with E-state index in [0.717, 1.165) is 18.1 Å². The molecule has 1 aromatic rings. The minimum Gasteiger partial charge on any atom is -0.379 e. The molecule has 1 N–H and O–H groups in total. The van der Waals surface area contributed by atoms with Gasteiger partial charge in [0.25, 0.3) is 0 Å². The quantitative estimate of drug-likeness (QED) is 0.771. The molecule has 0 spiro atoms. The van der Waals surface area contributed by atoms with Crippen LogP contribution in [0.4, 0.5) is 18.9 Å². The number of hydrogen-bond donors (Lipinski definition) is 1. The van der Waals surface area contributed by atoms with Gasteiger partial charge < -0.3 is 5.32 Å². The van der Waals surface area contributed by atoms with Crippen LogP contribution in [0.1, 0.15) is 31.4 Å². The molecule has 0 bridgehead atoms. The lowest BCUT2D eigenvalue weighted by atomic mass is 9.95. The average molecular weight is 229 g/mol. The van der Waals surface area contributed by atoms with E-state index in [1.807, 2.05) is 13.8 Å². The Kier molecular flexibility index (Phi) is 2.40. The van der Waals surface area contributed by atoms with Gasteiger partial charge in [-0.25, -0.2) is 0 Å². The highest BCUT2D eigenvalue weighted by Crippen LogP contribution is 2.43. The molecule has 88 valence electrons. The van der Waals surface area contributed by atoms with Crippen LogP contribution in [0, 0.1) is 0 Å². The fourth-order valence-corrected chi connectivity index (χ4v) is 2.11. The number of halogens is 3. The SMILES string of the molecule is CCC1(C)Cc2cccc(C(F)(F)F)c2N1. The van der Waals surface area contributed by atoms with Crippen molar-refractivity contribution in [3.8, 4) is 0 Å². The first-order valence-corrected chi connectivity index (χ1v) is 5.33. The van der Waals surface area contributed by atoms with Crippen molar-refractivity contribution in [1.29, 1.82) is 0 Å². The summed E-state index contributed by atoms with van der Waals surface area (Å²) in [6.45, 7) is 3.93. The van der Waals surface area contributed by atoms with Gasteiger partial charge in [0.2, 0.25) is 0 Å². The van der Waals surface area contributed by atoms with Crippen molar-refractivity contribution >= 4 is 5.69 Å². The van der Waals surface area contributed by atoms with Crippen LogP contribution >= 0.6 is 0 Å². The van der Waals surface area contributed by atoms with E-state index in [2.05, 4.69) is 5.32 Å². The Balaban J connectivity index is 2.47. The van der Waals surface area contributed by atoms with E-state index in [1.165, 1.54) is 6.07 Å². The molecule has 2 rings (SSSR count). The number of fused-ring (bicyclic) bond motifs is 1. The number of nitrogens with one attached hydrogen (secondary N) is 1. The van der Waals surface area contributed by atoms with Crippen molar-refractivity contribution in [3.05, 3.63) is 29.3 Å². The predicted octanol–water partition coefficient (Wildman–Crippen LogP) is 3.84. The van der Waals surface area contributed by atoms with Crippen molar-refractivity contribution in [3.63, 3.8) is 0 Å². The summed E-state index contributed by atoms with van der Waals surface area (Å²) in [5.74, 6) is 0. The Morgan fingerprint density at radius 1 is 1.38 bits per heavy atom. The van der Waals surface area contributed by atoms with Gasteiger partial charge in [0.15, 0.2) is 0 Å². The first kappa shape index (κ1) is 11.3. The highest BCUT2D eigenvalue weighted by atomic mass is 19.4. The van der Waals surface area contributed by atoms with Gasteiger partial charge in [-0.2, -0.15) is 13.2 Å². The van der Waals surface area contributed by atoms with Gasteiger partial charge in [0.05, 0.1) is 11.3 Å². The molecule has 1 aromatic carbocycles. The van der Waals surface area contributed by atoms with Crippen LogP contribution in [0.5, 0.6) is 0 Å². The molecule has 1 unspecified atom stereocenters. The van der Waals surface area contributed by atoms with Crippen LogP contribution < -0.4 is 5.32 Å². The standard InChI is InChI=1S/C12H14F3N/c1-3-11(2)7-8-5-4-6-9(10(8)16-11)12(13,14)15/h4-6,16H,3,7H2,1-2H3. The Bertz CT molecular complexity index is 411. The molecule has 1 aliphatic rings. The normalized spacial score (nSPS) is 24.1. The molecule has 0 aliphatic carbocycles. The first-order valence-electron chi connectivity index (χ1n) is 5.33. The van der Waals surface area contributed by atoms with Crippen LogP contribution in [-0.2, 0) is 12.6 Å². The van der Waals surface area contributed by atoms with E-state index in [4.69, 9.17) is 0 Å². The Labute approximate surface area is 92.7 Å². The highest BCUT2D eigenvalue weighted by Gasteiger charge is 2.39. The zero-order chi connectivity index (χ0) is 12.0. The minimum absolute atomic E-state index is 0.246. The Morgan fingerprint density at radius 2 is 2.06 bits per heavy atom. The summed E-state index contributed by atoms with van der Waals surface area (Å²) in [7, 11) is 0. The zero-order valence-corrected chi connectivity index (χ0v) is 9.28. The van der Waals surface area contributed by atoms with Gasteiger partial charge in [-0.3, -0.25) is 0 Å². The van der Waals surface area contributed by atoms with Gasteiger partial charge in [-0.1, -0.05) is 19.1 Å². The number of alkyl halides is 3. The van der Waals surface area contributed by atoms with Crippen LogP contribution in [0.25, 0.3) is 0 Å².